The first-order chi connectivity index (χ1) is 11.2. The van der Waals surface area contributed by atoms with E-state index < -0.39 is 0 Å². The van der Waals surface area contributed by atoms with Crippen LogP contribution in [0.5, 0.6) is 0 Å². The number of nitrogens with one attached hydrogen (secondary N) is 1. The number of carbonyl (C=O) groups is 1. The van der Waals surface area contributed by atoms with Gasteiger partial charge in [0.2, 0.25) is 0 Å². The number of hydrogen-bond acceptors (Lipinski definition) is 4. The Morgan fingerprint density at radius 1 is 1.39 bits per heavy atom. The van der Waals surface area contributed by atoms with Gasteiger partial charge in [-0.2, -0.15) is 5.10 Å². The summed E-state index contributed by atoms with van der Waals surface area (Å²) in [6.07, 6.45) is 2.48. The molecule has 0 saturated carbocycles. The van der Waals surface area contributed by atoms with Crippen LogP contribution in [0.4, 0.5) is 0 Å². The van der Waals surface area contributed by atoms with Crippen LogP contribution < -0.4 is 5.32 Å². The fourth-order valence-corrected chi connectivity index (χ4v) is 3.56. The molecule has 6 heteroatoms. The SMILES string of the molecule is CCCCN1CCn2nc(CNC(=O)c3csc(C)c3)cc2C1. The Balaban J connectivity index is 1.56. The van der Waals surface area contributed by atoms with E-state index in [1.807, 2.05) is 18.4 Å². The Kier molecular flexibility index (Phi) is 5.13. The van der Waals surface area contributed by atoms with E-state index in [0.29, 0.717) is 6.54 Å². The summed E-state index contributed by atoms with van der Waals surface area (Å²) in [5, 5.41) is 9.47. The van der Waals surface area contributed by atoms with Gasteiger partial charge < -0.3 is 5.32 Å². The molecule has 1 aliphatic rings. The maximum atomic E-state index is 12.1. The molecule has 0 unspecified atom stereocenters. The van der Waals surface area contributed by atoms with Crippen LogP contribution in [0.25, 0.3) is 0 Å². The van der Waals surface area contributed by atoms with Gasteiger partial charge in [-0.05, 0) is 32.0 Å². The second-order valence-electron chi connectivity index (χ2n) is 6.11. The van der Waals surface area contributed by atoms with Crippen molar-refractivity contribution in [2.45, 2.75) is 46.3 Å². The predicted octanol–water partition coefficient (Wildman–Crippen LogP) is 2.80. The highest BCUT2D eigenvalue weighted by Crippen LogP contribution is 2.15. The lowest BCUT2D eigenvalue weighted by Gasteiger charge is -2.27. The van der Waals surface area contributed by atoms with Gasteiger partial charge in [0.25, 0.3) is 5.91 Å². The Labute approximate surface area is 141 Å². The van der Waals surface area contributed by atoms with Gasteiger partial charge in [0.15, 0.2) is 0 Å². The predicted molar refractivity (Wildman–Crippen MR) is 92.6 cm³/mol. The van der Waals surface area contributed by atoms with Crippen LogP contribution in [0.2, 0.25) is 0 Å². The van der Waals surface area contributed by atoms with Crippen molar-refractivity contribution in [1.82, 2.24) is 20.0 Å². The van der Waals surface area contributed by atoms with E-state index in [0.717, 1.165) is 42.3 Å². The maximum Gasteiger partial charge on any atom is 0.252 e. The third-order valence-corrected chi connectivity index (χ3v) is 5.04. The molecule has 0 bridgehead atoms. The second kappa shape index (κ2) is 7.27. The molecule has 0 fully saturated rings. The molecule has 0 aromatic carbocycles. The summed E-state index contributed by atoms with van der Waals surface area (Å²) in [5.41, 5.74) is 2.93. The van der Waals surface area contributed by atoms with E-state index >= 15 is 0 Å². The Morgan fingerprint density at radius 3 is 3.00 bits per heavy atom. The topological polar surface area (TPSA) is 50.2 Å². The average Bonchev–Trinajstić information content (AvgIpc) is 3.15. The van der Waals surface area contributed by atoms with E-state index in [-0.39, 0.29) is 5.91 Å². The minimum atomic E-state index is -0.0232. The largest absolute Gasteiger partial charge is 0.346 e. The van der Waals surface area contributed by atoms with Gasteiger partial charge in [0.05, 0.1) is 30.0 Å². The summed E-state index contributed by atoms with van der Waals surface area (Å²) in [7, 11) is 0. The highest BCUT2D eigenvalue weighted by Gasteiger charge is 2.18. The van der Waals surface area contributed by atoms with Gasteiger partial charge in [-0.15, -0.1) is 11.3 Å². The van der Waals surface area contributed by atoms with Crippen molar-refractivity contribution in [3.05, 3.63) is 39.3 Å². The zero-order valence-corrected chi connectivity index (χ0v) is 14.7. The van der Waals surface area contributed by atoms with Crippen molar-refractivity contribution < 1.29 is 4.79 Å². The third kappa shape index (κ3) is 4.00. The average molecular weight is 332 g/mol. The van der Waals surface area contributed by atoms with Crippen molar-refractivity contribution >= 4 is 17.2 Å². The quantitative estimate of drug-likeness (QED) is 0.885. The van der Waals surface area contributed by atoms with Crippen molar-refractivity contribution in [3.63, 3.8) is 0 Å². The molecule has 2 aromatic heterocycles. The first kappa shape index (κ1) is 16.2. The third-order valence-electron chi connectivity index (χ3n) is 4.18. The van der Waals surface area contributed by atoms with Crippen molar-refractivity contribution in [2.24, 2.45) is 0 Å². The molecule has 0 radical (unpaired) electrons. The number of nitrogens with zero attached hydrogens (tertiary/aromatic N) is 3. The van der Waals surface area contributed by atoms with Crippen LogP contribution >= 0.6 is 11.3 Å². The summed E-state index contributed by atoms with van der Waals surface area (Å²) in [6.45, 7) is 8.85. The molecule has 124 valence electrons. The van der Waals surface area contributed by atoms with Crippen LogP contribution in [0.3, 0.4) is 0 Å². The highest BCUT2D eigenvalue weighted by atomic mass is 32.1. The number of hydrogen-bond donors (Lipinski definition) is 1. The van der Waals surface area contributed by atoms with E-state index in [2.05, 4.69) is 33.0 Å². The number of unbranched alkanes of at least 4 members (excludes halogenated alkanes) is 1. The molecule has 2 aromatic rings. The molecule has 0 aliphatic carbocycles. The lowest BCUT2D eigenvalue weighted by molar-refractivity contribution is 0.0950. The van der Waals surface area contributed by atoms with Crippen molar-refractivity contribution in [3.8, 4) is 0 Å². The molecule has 3 rings (SSSR count). The number of aryl methyl sites for hydroxylation is 1. The van der Waals surface area contributed by atoms with Crippen molar-refractivity contribution in [2.75, 3.05) is 13.1 Å². The highest BCUT2D eigenvalue weighted by molar-refractivity contribution is 7.10. The van der Waals surface area contributed by atoms with Crippen LogP contribution in [-0.4, -0.2) is 33.7 Å². The van der Waals surface area contributed by atoms with Gasteiger partial charge in [-0.25, -0.2) is 0 Å². The van der Waals surface area contributed by atoms with Crippen LogP contribution in [0.1, 0.15) is 46.4 Å². The lowest BCUT2D eigenvalue weighted by Crippen LogP contribution is -2.34. The van der Waals surface area contributed by atoms with E-state index in [1.165, 1.54) is 18.5 Å². The Morgan fingerprint density at radius 2 is 2.26 bits per heavy atom. The van der Waals surface area contributed by atoms with E-state index in [4.69, 9.17) is 0 Å². The normalized spacial score (nSPS) is 14.7. The van der Waals surface area contributed by atoms with Gasteiger partial charge in [0.1, 0.15) is 0 Å². The zero-order valence-electron chi connectivity index (χ0n) is 13.8. The lowest BCUT2D eigenvalue weighted by atomic mass is 10.2. The standard InChI is InChI=1S/C17H24N4OS/c1-3-4-5-20-6-7-21-16(11-20)9-15(19-21)10-18-17(22)14-8-13(2)23-12-14/h8-9,12H,3-7,10-11H2,1-2H3,(H,18,22). The fourth-order valence-electron chi connectivity index (χ4n) is 2.87. The van der Waals surface area contributed by atoms with Crippen LogP contribution in [0, 0.1) is 6.92 Å². The van der Waals surface area contributed by atoms with Crippen LogP contribution in [0.15, 0.2) is 17.5 Å². The second-order valence-corrected chi connectivity index (χ2v) is 7.22. The first-order valence-electron chi connectivity index (χ1n) is 8.27. The molecule has 1 amide bonds. The monoisotopic (exact) mass is 332 g/mol. The molecule has 1 N–H and O–H groups in total. The molecule has 0 saturated heterocycles. The van der Waals surface area contributed by atoms with Crippen molar-refractivity contribution in [1.29, 1.82) is 0 Å². The molecule has 5 nitrogen and oxygen atoms in total. The van der Waals surface area contributed by atoms with Gasteiger partial charge in [-0.3, -0.25) is 14.4 Å². The summed E-state index contributed by atoms with van der Waals surface area (Å²) in [6, 6.07) is 4.04. The first-order valence-corrected chi connectivity index (χ1v) is 9.15. The minimum Gasteiger partial charge on any atom is -0.346 e. The fraction of sp³-hybridized carbons (Fsp3) is 0.529. The van der Waals surface area contributed by atoms with E-state index in [1.54, 1.807) is 11.3 Å². The maximum absolute atomic E-state index is 12.1. The van der Waals surface area contributed by atoms with Gasteiger partial charge >= 0.3 is 0 Å². The summed E-state index contributed by atoms with van der Waals surface area (Å²) in [5.74, 6) is -0.0232. The molecule has 0 spiro atoms. The summed E-state index contributed by atoms with van der Waals surface area (Å²) < 4.78 is 2.08. The number of thiophene rings is 1. The van der Waals surface area contributed by atoms with Gasteiger partial charge in [-0.1, -0.05) is 13.3 Å². The molecule has 0 atom stereocenters. The number of fused-ring (bicyclic) bond motifs is 1. The minimum absolute atomic E-state index is 0.0232. The molecular formula is C17H24N4OS. The smallest absolute Gasteiger partial charge is 0.252 e. The molecule has 1 aliphatic heterocycles. The van der Waals surface area contributed by atoms with E-state index in [9.17, 15) is 4.79 Å². The summed E-state index contributed by atoms with van der Waals surface area (Å²) in [4.78, 5) is 15.7. The van der Waals surface area contributed by atoms with Crippen LogP contribution in [-0.2, 0) is 19.6 Å². The zero-order chi connectivity index (χ0) is 16.2. The number of rotatable bonds is 6. The molecule has 3 heterocycles. The molecular weight excluding hydrogens is 308 g/mol. The number of amides is 1. The van der Waals surface area contributed by atoms with Gasteiger partial charge in [0, 0.05) is 23.3 Å². The number of aromatic nitrogens is 2. The summed E-state index contributed by atoms with van der Waals surface area (Å²) >= 11 is 1.60. The Hall–Kier alpha value is -1.66. The number of carbonyl (C=O) groups excluding carboxylic acids is 1. The molecule has 23 heavy (non-hydrogen) atoms. The Bertz CT molecular complexity index is 676.